The Morgan fingerprint density at radius 3 is 2.45 bits per heavy atom. The van der Waals surface area contributed by atoms with Crippen LogP contribution in [0.15, 0.2) is 42.5 Å². The van der Waals surface area contributed by atoms with Crippen LogP contribution in [0.2, 0.25) is 0 Å². The van der Waals surface area contributed by atoms with Gasteiger partial charge in [-0.25, -0.2) is 0 Å². The highest BCUT2D eigenvalue weighted by molar-refractivity contribution is 5.70. The first kappa shape index (κ1) is 15.9. The third kappa shape index (κ3) is 3.81. The molecule has 0 aromatic heterocycles. The standard InChI is InChI=1S/C16H18N2O4/c1-11(20)13-4-7-15(16(10-13)18(21)22)17-14-5-2-12(3-6-14)8-9-19/h2-7,10-11,17,19-20H,8-9H2,1H3. The molecule has 22 heavy (non-hydrogen) atoms. The molecule has 0 fully saturated rings. The van der Waals surface area contributed by atoms with Crippen molar-refractivity contribution in [1.82, 2.24) is 0 Å². The average molecular weight is 302 g/mol. The minimum Gasteiger partial charge on any atom is -0.396 e. The number of rotatable bonds is 6. The average Bonchev–Trinajstić information content (AvgIpc) is 2.49. The molecular formula is C16H18N2O4. The van der Waals surface area contributed by atoms with E-state index in [2.05, 4.69) is 5.32 Å². The van der Waals surface area contributed by atoms with Gasteiger partial charge in [0.15, 0.2) is 0 Å². The lowest BCUT2D eigenvalue weighted by molar-refractivity contribution is -0.384. The number of nitro groups is 1. The fraction of sp³-hybridized carbons (Fsp3) is 0.250. The van der Waals surface area contributed by atoms with E-state index in [1.807, 2.05) is 12.1 Å². The Balaban J connectivity index is 2.26. The molecule has 0 bridgehead atoms. The van der Waals surface area contributed by atoms with Gasteiger partial charge in [-0.3, -0.25) is 10.1 Å². The quantitative estimate of drug-likeness (QED) is 0.563. The Hall–Kier alpha value is -2.44. The Morgan fingerprint density at radius 2 is 1.91 bits per heavy atom. The molecule has 3 N–H and O–H groups in total. The van der Waals surface area contributed by atoms with Crippen molar-refractivity contribution in [3.63, 3.8) is 0 Å². The van der Waals surface area contributed by atoms with Gasteiger partial charge in [-0.1, -0.05) is 18.2 Å². The second-order valence-corrected chi connectivity index (χ2v) is 5.01. The van der Waals surface area contributed by atoms with E-state index in [-0.39, 0.29) is 12.3 Å². The van der Waals surface area contributed by atoms with E-state index in [9.17, 15) is 15.2 Å². The first-order valence-electron chi connectivity index (χ1n) is 6.94. The summed E-state index contributed by atoms with van der Waals surface area (Å²) in [6.45, 7) is 1.64. The fourth-order valence-electron chi connectivity index (χ4n) is 2.10. The van der Waals surface area contributed by atoms with Crippen LogP contribution in [0.5, 0.6) is 0 Å². The summed E-state index contributed by atoms with van der Waals surface area (Å²) in [6.07, 6.45) is -0.186. The molecule has 0 aliphatic heterocycles. The van der Waals surface area contributed by atoms with Gasteiger partial charge < -0.3 is 15.5 Å². The molecule has 1 unspecified atom stereocenters. The highest BCUT2D eigenvalue weighted by Gasteiger charge is 2.16. The normalized spacial score (nSPS) is 12.0. The summed E-state index contributed by atoms with van der Waals surface area (Å²) in [5.41, 5.74) is 2.49. The van der Waals surface area contributed by atoms with Gasteiger partial charge in [0.1, 0.15) is 5.69 Å². The van der Waals surface area contributed by atoms with Crippen LogP contribution in [0.25, 0.3) is 0 Å². The number of hydrogen-bond acceptors (Lipinski definition) is 5. The second kappa shape index (κ2) is 7.02. The Morgan fingerprint density at radius 1 is 1.23 bits per heavy atom. The van der Waals surface area contributed by atoms with E-state index in [0.717, 1.165) is 11.3 Å². The van der Waals surface area contributed by atoms with Crippen LogP contribution >= 0.6 is 0 Å². The van der Waals surface area contributed by atoms with E-state index in [1.54, 1.807) is 31.2 Å². The lowest BCUT2D eigenvalue weighted by atomic mass is 10.1. The molecule has 0 radical (unpaired) electrons. The summed E-state index contributed by atoms with van der Waals surface area (Å²) >= 11 is 0. The van der Waals surface area contributed by atoms with Gasteiger partial charge in [-0.2, -0.15) is 0 Å². The minimum atomic E-state index is -0.759. The molecule has 2 aromatic carbocycles. The van der Waals surface area contributed by atoms with Crippen molar-refractivity contribution in [1.29, 1.82) is 0 Å². The molecule has 6 heteroatoms. The summed E-state index contributed by atoms with van der Waals surface area (Å²) in [4.78, 5) is 10.7. The summed E-state index contributed by atoms with van der Waals surface area (Å²) in [7, 11) is 0. The van der Waals surface area contributed by atoms with Gasteiger partial charge >= 0.3 is 0 Å². The zero-order chi connectivity index (χ0) is 16.1. The van der Waals surface area contributed by atoms with Gasteiger partial charge in [0.05, 0.1) is 11.0 Å². The van der Waals surface area contributed by atoms with Crippen molar-refractivity contribution in [2.24, 2.45) is 0 Å². The van der Waals surface area contributed by atoms with Crippen molar-refractivity contribution in [2.75, 3.05) is 11.9 Å². The fourth-order valence-corrected chi connectivity index (χ4v) is 2.10. The van der Waals surface area contributed by atoms with Gasteiger partial charge in [0.25, 0.3) is 5.69 Å². The number of benzene rings is 2. The van der Waals surface area contributed by atoms with Crippen molar-refractivity contribution in [3.05, 3.63) is 63.7 Å². The van der Waals surface area contributed by atoms with Gasteiger partial charge in [-0.15, -0.1) is 0 Å². The number of nitrogens with one attached hydrogen (secondary N) is 1. The summed E-state index contributed by atoms with van der Waals surface area (Å²) in [6, 6.07) is 11.9. The van der Waals surface area contributed by atoms with Crippen LogP contribution in [0.3, 0.4) is 0 Å². The molecule has 0 aliphatic carbocycles. The largest absolute Gasteiger partial charge is 0.396 e. The summed E-state index contributed by atoms with van der Waals surface area (Å²) in [5, 5.41) is 32.6. The zero-order valence-corrected chi connectivity index (χ0v) is 12.2. The molecular weight excluding hydrogens is 284 g/mol. The zero-order valence-electron chi connectivity index (χ0n) is 12.2. The molecule has 0 spiro atoms. The molecule has 0 saturated heterocycles. The first-order valence-corrected chi connectivity index (χ1v) is 6.94. The number of anilines is 2. The van der Waals surface area contributed by atoms with Crippen molar-refractivity contribution in [2.45, 2.75) is 19.4 Å². The maximum absolute atomic E-state index is 11.2. The Kier molecular flexibility index (Phi) is 5.08. The van der Waals surface area contributed by atoms with Crippen LogP contribution in [0, 0.1) is 10.1 Å². The number of aliphatic hydroxyl groups is 2. The van der Waals surface area contributed by atoms with Crippen LogP contribution in [0.4, 0.5) is 17.1 Å². The third-order valence-electron chi connectivity index (χ3n) is 3.33. The van der Waals surface area contributed by atoms with Crippen molar-refractivity contribution >= 4 is 17.1 Å². The molecule has 0 saturated carbocycles. The summed E-state index contributed by atoms with van der Waals surface area (Å²) in [5.74, 6) is 0. The second-order valence-electron chi connectivity index (χ2n) is 5.01. The van der Waals surface area contributed by atoms with E-state index in [0.29, 0.717) is 17.7 Å². The number of hydrogen-bond donors (Lipinski definition) is 3. The monoisotopic (exact) mass is 302 g/mol. The molecule has 2 rings (SSSR count). The minimum absolute atomic E-state index is 0.0824. The van der Waals surface area contributed by atoms with E-state index in [1.165, 1.54) is 6.07 Å². The van der Waals surface area contributed by atoms with Crippen molar-refractivity contribution < 1.29 is 15.1 Å². The number of nitrogens with zero attached hydrogens (tertiary/aromatic N) is 1. The molecule has 1 atom stereocenters. The van der Waals surface area contributed by atoms with E-state index < -0.39 is 11.0 Å². The third-order valence-corrected chi connectivity index (χ3v) is 3.33. The van der Waals surface area contributed by atoms with Crippen LogP contribution in [-0.4, -0.2) is 21.7 Å². The maximum Gasteiger partial charge on any atom is 0.293 e. The maximum atomic E-state index is 11.2. The number of aliphatic hydroxyl groups excluding tert-OH is 2. The van der Waals surface area contributed by atoms with Gasteiger partial charge in [0.2, 0.25) is 0 Å². The highest BCUT2D eigenvalue weighted by Crippen LogP contribution is 2.30. The molecule has 116 valence electrons. The predicted octanol–water partition coefficient (Wildman–Crippen LogP) is 2.93. The van der Waals surface area contributed by atoms with Crippen molar-refractivity contribution in [3.8, 4) is 0 Å². The van der Waals surface area contributed by atoms with Gasteiger partial charge in [-0.05, 0) is 42.7 Å². The van der Waals surface area contributed by atoms with E-state index >= 15 is 0 Å². The highest BCUT2D eigenvalue weighted by atomic mass is 16.6. The molecule has 0 amide bonds. The molecule has 2 aromatic rings. The molecule has 6 nitrogen and oxygen atoms in total. The van der Waals surface area contributed by atoms with Crippen LogP contribution < -0.4 is 5.32 Å². The SMILES string of the molecule is CC(O)c1ccc(Nc2ccc(CCO)cc2)c([N+](=O)[O-])c1. The van der Waals surface area contributed by atoms with Crippen LogP contribution in [0.1, 0.15) is 24.2 Å². The van der Waals surface area contributed by atoms with Crippen LogP contribution in [-0.2, 0) is 6.42 Å². The smallest absolute Gasteiger partial charge is 0.293 e. The topological polar surface area (TPSA) is 95.6 Å². The summed E-state index contributed by atoms with van der Waals surface area (Å²) < 4.78 is 0. The Bertz CT molecular complexity index is 654. The number of nitro benzene ring substituents is 1. The predicted molar refractivity (Wildman–Crippen MR) is 84.2 cm³/mol. The molecule has 0 heterocycles. The lowest BCUT2D eigenvalue weighted by Gasteiger charge is -2.10. The van der Waals surface area contributed by atoms with Gasteiger partial charge in [0, 0.05) is 18.4 Å². The van der Waals surface area contributed by atoms with E-state index in [4.69, 9.17) is 5.11 Å². The first-order chi connectivity index (χ1) is 10.5. The lowest BCUT2D eigenvalue weighted by Crippen LogP contribution is -2.00. The Labute approximate surface area is 128 Å². The molecule has 0 aliphatic rings.